The van der Waals surface area contributed by atoms with Crippen molar-refractivity contribution in [1.82, 2.24) is 29.8 Å². The monoisotopic (exact) mass is 567 g/mol. The van der Waals surface area contributed by atoms with Crippen LogP contribution >= 0.6 is 0 Å². The zero-order chi connectivity index (χ0) is 29.2. The van der Waals surface area contributed by atoms with Gasteiger partial charge in [-0.15, -0.1) is 0 Å². The van der Waals surface area contributed by atoms with Crippen molar-refractivity contribution in [3.8, 4) is 5.69 Å². The summed E-state index contributed by atoms with van der Waals surface area (Å²) < 4.78 is 1.75. The molecular weight excluding hydrogens is 534 g/mol. The molecule has 0 radical (unpaired) electrons. The summed E-state index contributed by atoms with van der Waals surface area (Å²) in [5, 5.41) is 3.42. The third-order valence-corrected chi connectivity index (χ3v) is 7.97. The number of likely N-dealkylation sites (N-methyl/N-ethyl adjacent to an activating group) is 1. The van der Waals surface area contributed by atoms with Crippen molar-refractivity contribution in [2.24, 2.45) is 0 Å². The Morgan fingerprint density at radius 2 is 1.76 bits per heavy atom. The molecule has 11 nitrogen and oxygen atoms in total. The van der Waals surface area contributed by atoms with E-state index in [1.54, 1.807) is 4.57 Å². The highest BCUT2D eigenvalue weighted by atomic mass is 16.6. The van der Waals surface area contributed by atoms with E-state index in [0.29, 0.717) is 18.0 Å². The molecule has 4 aromatic rings. The van der Waals surface area contributed by atoms with Crippen molar-refractivity contribution >= 4 is 34.5 Å². The molecule has 216 valence electrons. The molecule has 0 bridgehead atoms. The molecule has 0 atom stereocenters. The molecule has 2 aromatic carbocycles. The number of rotatable bonds is 7. The number of nitrogens with one attached hydrogen (secondary N) is 2. The highest BCUT2D eigenvalue weighted by Gasteiger charge is 2.21. The minimum absolute atomic E-state index is 0.0733. The van der Waals surface area contributed by atoms with Gasteiger partial charge in [0.25, 0.3) is 5.91 Å². The van der Waals surface area contributed by atoms with Crippen LogP contribution in [-0.4, -0.2) is 76.5 Å². The lowest BCUT2D eigenvalue weighted by Gasteiger charge is -2.32. The third kappa shape index (κ3) is 5.61. The largest absolute Gasteiger partial charge is 0.340 e. The maximum Gasteiger partial charge on any atom is 0.280 e. The Kier molecular flexibility index (Phi) is 7.68. The van der Waals surface area contributed by atoms with Gasteiger partial charge in [0.15, 0.2) is 5.65 Å². The van der Waals surface area contributed by atoms with E-state index in [2.05, 4.69) is 39.9 Å². The SMILES string of the molecule is CONC(=O)c1cn(-c2ccc3c(c2)CCC3)c2nc(Nc3ccc(CC(=O)N4CCN(C)CC4)cc3)ncc2c1=O. The molecule has 11 heteroatoms. The number of hydrogen-bond donors (Lipinski definition) is 2. The fourth-order valence-electron chi connectivity index (χ4n) is 5.56. The van der Waals surface area contributed by atoms with Gasteiger partial charge in [0.1, 0.15) is 5.56 Å². The lowest BCUT2D eigenvalue weighted by atomic mass is 10.1. The summed E-state index contributed by atoms with van der Waals surface area (Å²) in [7, 11) is 3.38. The van der Waals surface area contributed by atoms with Gasteiger partial charge < -0.3 is 19.7 Å². The number of piperazine rings is 1. The number of carbonyl (C=O) groups is 2. The number of fused-ring (bicyclic) bond motifs is 2. The topological polar surface area (TPSA) is 122 Å². The normalized spacial score (nSPS) is 15.0. The number of pyridine rings is 1. The smallest absolute Gasteiger partial charge is 0.280 e. The third-order valence-electron chi connectivity index (χ3n) is 7.97. The minimum Gasteiger partial charge on any atom is -0.340 e. The van der Waals surface area contributed by atoms with Gasteiger partial charge in [-0.25, -0.2) is 10.5 Å². The predicted molar refractivity (Wildman–Crippen MR) is 159 cm³/mol. The van der Waals surface area contributed by atoms with E-state index in [1.807, 2.05) is 35.2 Å². The average molecular weight is 568 g/mol. The van der Waals surface area contributed by atoms with Crippen molar-refractivity contribution in [3.63, 3.8) is 0 Å². The summed E-state index contributed by atoms with van der Waals surface area (Å²) in [5.74, 6) is -0.218. The van der Waals surface area contributed by atoms with Gasteiger partial charge in [0.05, 0.1) is 18.9 Å². The first kappa shape index (κ1) is 27.6. The molecule has 0 saturated carbocycles. The second-order valence-corrected chi connectivity index (χ2v) is 10.8. The maximum absolute atomic E-state index is 13.3. The zero-order valence-electron chi connectivity index (χ0n) is 23.7. The molecule has 1 aliphatic carbocycles. The van der Waals surface area contributed by atoms with Crippen molar-refractivity contribution < 1.29 is 14.4 Å². The van der Waals surface area contributed by atoms with Gasteiger partial charge in [0.2, 0.25) is 17.3 Å². The standard InChI is InChI=1S/C31H33N7O4/c1-36-12-14-37(15-13-36)27(39)16-20-6-9-23(10-7-20)33-31-32-18-25-28(40)26(30(41)35-42-2)19-38(29(25)34-31)24-11-8-21-4-3-5-22(21)17-24/h6-11,17-19H,3-5,12-16H2,1-2H3,(H,35,41)(H,32,33,34). The Bertz CT molecular complexity index is 1710. The van der Waals surface area contributed by atoms with Crippen LogP contribution in [0.4, 0.5) is 11.6 Å². The van der Waals surface area contributed by atoms with Crippen LogP contribution in [-0.2, 0) is 28.9 Å². The highest BCUT2D eigenvalue weighted by Crippen LogP contribution is 2.26. The Morgan fingerprint density at radius 3 is 2.52 bits per heavy atom. The van der Waals surface area contributed by atoms with E-state index in [-0.39, 0.29) is 16.9 Å². The second-order valence-electron chi connectivity index (χ2n) is 10.8. The van der Waals surface area contributed by atoms with Crippen molar-refractivity contribution in [2.75, 3.05) is 45.7 Å². The molecule has 0 spiro atoms. The summed E-state index contributed by atoms with van der Waals surface area (Å²) in [6.07, 6.45) is 6.41. The molecule has 1 fully saturated rings. The molecule has 42 heavy (non-hydrogen) atoms. The van der Waals surface area contributed by atoms with E-state index >= 15 is 0 Å². The molecular formula is C31H33N7O4. The van der Waals surface area contributed by atoms with E-state index in [9.17, 15) is 14.4 Å². The molecule has 1 aliphatic heterocycles. The summed E-state index contributed by atoms with van der Waals surface area (Å²) >= 11 is 0. The first-order chi connectivity index (χ1) is 20.4. The summed E-state index contributed by atoms with van der Waals surface area (Å²) in [5.41, 5.74) is 7.08. The van der Waals surface area contributed by atoms with E-state index in [1.165, 1.54) is 30.6 Å². The Hall–Kier alpha value is -4.61. The number of hydroxylamine groups is 1. The van der Waals surface area contributed by atoms with Crippen LogP contribution in [0.2, 0.25) is 0 Å². The van der Waals surface area contributed by atoms with Crippen molar-refractivity contribution in [3.05, 3.63) is 87.3 Å². The molecule has 6 rings (SSSR count). The zero-order valence-corrected chi connectivity index (χ0v) is 23.7. The van der Waals surface area contributed by atoms with E-state index in [4.69, 9.17) is 9.82 Å². The van der Waals surface area contributed by atoms with Crippen LogP contribution < -0.4 is 16.2 Å². The molecule has 3 heterocycles. The number of aryl methyl sites for hydroxylation is 2. The van der Waals surface area contributed by atoms with Crippen LogP contribution in [0.15, 0.2) is 59.7 Å². The van der Waals surface area contributed by atoms with Gasteiger partial charge in [-0.2, -0.15) is 4.98 Å². The number of carbonyl (C=O) groups excluding carboxylic acids is 2. The summed E-state index contributed by atoms with van der Waals surface area (Å²) in [4.78, 5) is 56.6. The van der Waals surface area contributed by atoms with Crippen LogP contribution in [0.5, 0.6) is 0 Å². The number of nitrogens with zero attached hydrogens (tertiary/aromatic N) is 5. The van der Waals surface area contributed by atoms with Crippen LogP contribution in [0.3, 0.4) is 0 Å². The summed E-state index contributed by atoms with van der Waals surface area (Å²) in [6.45, 7) is 3.29. The predicted octanol–water partition coefficient (Wildman–Crippen LogP) is 2.62. The van der Waals surface area contributed by atoms with Gasteiger partial charge in [-0.3, -0.25) is 19.2 Å². The number of hydrogen-bond acceptors (Lipinski definition) is 8. The molecule has 1 saturated heterocycles. The number of aromatic nitrogens is 3. The van der Waals surface area contributed by atoms with Crippen molar-refractivity contribution in [1.29, 1.82) is 0 Å². The van der Waals surface area contributed by atoms with E-state index < -0.39 is 11.3 Å². The Balaban J connectivity index is 1.29. The first-order valence-corrected chi connectivity index (χ1v) is 14.1. The molecule has 0 unspecified atom stereocenters. The van der Waals surface area contributed by atoms with Gasteiger partial charge in [-0.05, 0) is 67.3 Å². The van der Waals surface area contributed by atoms with Crippen molar-refractivity contribution in [2.45, 2.75) is 25.7 Å². The Labute approximate surface area is 243 Å². The maximum atomic E-state index is 13.3. The summed E-state index contributed by atoms with van der Waals surface area (Å²) in [6, 6.07) is 13.7. The fraction of sp³-hybridized carbons (Fsp3) is 0.323. The van der Waals surface area contributed by atoms with Gasteiger partial charge >= 0.3 is 0 Å². The average Bonchev–Trinajstić information content (AvgIpc) is 3.47. The molecule has 2 aliphatic rings. The number of amides is 2. The van der Waals surface area contributed by atoms with Crippen LogP contribution in [0, 0.1) is 0 Å². The number of anilines is 2. The minimum atomic E-state index is -0.646. The van der Waals surface area contributed by atoms with E-state index in [0.717, 1.165) is 62.4 Å². The molecule has 2 aromatic heterocycles. The Morgan fingerprint density at radius 1 is 1.00 bits per heavy atom. The number of benzene rings is 2. The molecule has 2 N–H and O–H groups in total. The van der Waals surface area contributed by atoms with Gasteiger partial charge in [0, 0.05) is 49.9 Å². The van der Waals surface area contributed by atoms with Crippen LogP contribution in [0.25, 0.3) is 16.7 Å². The lowest BCUT2D eigenvalue weighted by Crippen LogP contribution is -2.47. The fourth-order valence-corrected chi connectivity index (χ4v) is 5.56. The molecule has 2 amide bonds. The first-order valence-electron chi connectivity index (χ1n) is 14.1. The van der Waals surface area contributed by atoms with Gasteiger partial charge in [-0.1, -0.05) is 18.2 Å². The second kappa shape index (κ2) is 11.7. The lowest BCUT2D eigenvalue weighted by molar-refractivity contribution is -0.132. The van der Waals surface area contributed by atoms with Crippen LogP contribution in [0.1, 0.15) is 33.5 Å². The highest BCUT2D eigenvalue weighted by molar-refractivity contribution is 5.96. The quantitative estimate of drug-likeness (QED) is 0.327.